The first-order chi connectivity index (χ1) is 8.74. The van der Waals surface area contributed by atoms with Gasteiger partial charge in [-0.05, 0) is 49.2 Å². The summed E-state index contributed by atoms with van der Waals surface area (Å²) in [5, 5.41) is 3.42. The molecule has 3 N–H and O–H groups in total. The Labute approximate surface area is 117 Å². The third kappa shape index (κ3) is 4.33. The average Bonchev–Trinajstić information content (AvgIpc) is 2.77. The summed E-state index contributed by atoms with van der Waals surface area (Å²) < 4.78 is 0.855. The zero-order chi connectivity index (χ0) is 12.8. The van der Waals surface area contributed by atoms with Gasteiger partial charge in [0.25, 0.3) is 0 Å². The van der Waals surface area contributed by atoms with E-state index in [1.54, 1.807) is 11.3 Å². The van der Waals surface area contributed by atoms with Crippen LogP contribution in [0, 0.1) is 0 Å². The largest absolute Gasteiger partial charge is 0.399 e. The van der Waals surface area contributed by atoms with E-state index in [1.165, 1.54) is 10.4 Å². The van der Waals surface area contributed by atoms with Crippen molar-refractivity contribution in [2.24, 2.45) is 0 Å². The Kier molecular flexibility index (Phi) is 5.05. The van der Waals surface area contributed by atoms with E-state index in [-0.39, 0.29) is 0 Å². The molecular weight excluding hydrogens is 264 g/mol. The standard InChI is InChI=1S/C14H17ClN2S/c15-14-8-7-13(18-14)10-17-9-1-2-11-3-5-12(16)6-4-11/h3-8,17H,1-2,9-10,16H2. The molecule has 0 saturated carbocycles. The molecule has 2 nitrogen and oxygen atoms in total. The van der Waals surface area contributed by atoms with Gasteiger partial charge < -0.3 is 11.1 Å². The van der Waals surface area contributed by atoms with Crippen molar-refractivity contribution in [3.05, 3.63) is 51.2 Å². The number of rotatable bonds is 6. The third-order valence-corrected chi connectivity index (χ3v) is 3.96. The van der Waals surface area contributed by atoms with Crippen LogP contribution in [0.4, 0.5) is 5.69 Å². The highest BCUT2D eigenvalue weighted by Gasteiger charge is 1.97. The van der Waals surface area contributed by atoms with Crippen LogP contribution in [0.1, 0.15) is 16.9 Å². The SMILES string of the molecule is Nc1ccc(CCCNCc2ccc(Cl)s2)cc1. The highest BCUT2D eigenvalue weighted by Crippen LogP contribution is 2.20. The van der Waals surface area contributed by atoms with E-state index in [9.17, 15) is 0 Å². The van der Waals surface area contributed by atoms with Crippen LogP contribution in [0.3, 0.4) is 0 Å². The van der Waals surface area contributed by atoms with Crippen molar-refractivity contribution in [2.75, 3.05) is 12.3 Å². The van der Waals surface area contributed by atoms with E-state index >= 15 is 0 Å². The van der Waals surface area contributed by atoms with Gasteiger partial charge in [0.15, 0.2) is 0 Å². The van der Waals surface area contributed by atoms with Gasteiger partial charge in [0.2, 0.25) is 0 Å². The molecule has 0 fully saturated rings. The van der Waals surface area contributed by atoms with Crippen LogP contribution < -0.4 is 11.1 Å². The summed E-state index contributed by atoms with van der Waals surface area (Å²) in [5.74, 6) is 0. The topological polar surface area (TPSA) is 38.0 Å². The summed E-state index contributed by atoms with van der Waals surface area (Å²) >= 11 is 7.51. The van der Waals surface area contributed by atoms with E-state index < -0.39 is 0 Å². The number of nitrogens with one attached hydrogen (secondary N) is 1. The Morgan fingerprint density at radius 3 is 2.56 bits per heavy atom. The van der Waals surface area contributed by atoms with E-state index in [0.29, 0.717) is 0 Å². The van der Waals surface area contributed by atoms with Crippen molar-refractivity contribution in [1.29, 1.82) is 0 Å². The molecule has 0 aliphatic carbocycles. The summed E-state index contributed by atoms with van der Waals surface area (Å²) in [6.45, 7) is 1.92. The molecule has 4 heteroatoms. The lowest BCUT2D eigenvalue weighted by molar-refractivity contribution is 0.654. The first-order valence-corrected chi connectivity index (χ1v) is 7.23. The molecule has 0 aliphatic heterocycles. The second-order valence-electron chi connectivity index (χ2n) is 4.23. The molecule has 0 spiro atoms. The molecule has 2 rings (SSSR count). The minimum Gasteiger partial charge on any atom is -0.399 e. The van der Waals surface area contributed by atoms with Gasteiger partial charge in [0, 0.05) is 17.1 Å². The maximum atomic E-state index is 5.87. The number of hydrogen-bond donors (Lipinski definition) is 2. The number of thiophene rings is 1. The number of nitrogens with two attached hydrogens (primary N) is 1. The molecule has 0 aliphatic rings. The van der Waals surface area contributed by atoms with Crippen molar-refractivity contribution in [3.63, 3.8) is 0 Å². The number of hydrogen-bond acceptors (Lipinski definition) is 3. The zero-order valence-corrected chi connectivity index (χ0v) is 11.7. The highest BCUT2D eigenvalue weighted by atomic mass is 35.5. The van der Waals surface area contributed by atoms with Crippen LogP contribution in [-0.4, -0.2) is 6.54 Å². The van der Waals surface area contributed by atoms with Crippen LogP contribution in [0.25, 0.3) is 0 Å². The van der Waals surface area contributed by atoms with E-state index in [1.807, 2.05) is 18.2 Å². The lowest BCUT2D eigenvalue weighted by Crippen LogP contribution is -2.14. The Hall–Kier alpha value is -1.03. The van der Waals surface area contributed by atoms with Crippen LogP contribution in [0.15, 0.2) is 36.4 Å². The van der Waals surface area contributed by atoms with Crippen molar-refractivity contribution < 1.29 is 0 Å². The molecule has 0 saturated heterocycles. The lowest BCUT2D eigenvalue weighted by Gasteiger charge is -2.04. The van der Waals surface area contributed by atoms with Crippen molar-refractivity contribution in [1.82, 2.24) is 5.32 Å². The molecule has 1 aromatic carbocycles. The normalized spacial score (nSPS) is 10.7. The van der Waals surface area contributed by atoms with Crippen LogP contribution >= 0.6 is 22.9 Å². The molecule has 1 heterocycles. The fourth-order valence-corrected chi connectivity index (χ4v) is 2.82. The molecule has 2 aromatic rings. The first-order valence-electron chi connectivity index (χ1n) is 6.03. The van der Waals surface area contributed by atoms with Gasteiger partial charge in [-0.3, -0.25) is 0 Å². The lowest BCUT2D eigenvalue weighted by atomic mass is 10.1. The molecule has 18 heavy (non-hydrogen) atoms. The Morgan fingerprint density at radius 2 is 1.89 bits per heavy atom. The van der Waals surface area contributed by atoms with Gasteiger partial charge in [0.05, 0.1) is 4.34 Å². The summed E-state index contributed by atoms with van der Waals surface area (Å²) in [6.07, 6.45) is 2.21. The van der Waals surface area contributed by atoms with Crippen LogP contribution in [0.5, 0.6) is 0 Å². The summed E-state index contributed by atoms with van der Waals surface area (Å²) in [7, 11) is 0. The van der Waals surface area contributed by atoms with Gasteiger partial charge in [-0.1, -0.05) is 23.7 Å². The molecule has 0 amide bonds. The Balaban J connectivity index is 1.63. The summed E-state index contributed by atoms with van der Waals surface area (Å²) in [5.41, 5.74) is 7.81. The van der Waals surface area contributed by atoms with Crippen molar-refractivity contribution in [3.8, 4) is 0 Å². The number of anilines is 1. The maximum absolute atomic E-state index is 5.87. The van der Waals surface area contributed by atoms with Crippen molar-refractivity contribution in [2.45, 2.75) is 19.4 Å². The van der Waals surface area contributed by atoms with Crippen molar-refractivity contribution >= 4 is 28.6 Å². The summed E-state index contributed by atoms with van der Waals surface area (Å²) in [4.78, 5) is 1.28. The molecule has 0 bridgehead atoms. The van der Waals surface area contributed by atoms with Crippen LogP contribution in [-0.2, 0) is 13.0 Å². The molecule has 96 valence electrons. The predicted octanol–water partition coefficient (Wildman–Crippen LogP) is 3.71. The molecule has 1 aromatic heterocycles. The second kappa shape index (κ2) is 6.78. The fraction of sp³-hybridized carbons (Fsp3) is 0.286. The van der Waals surface area contributed by atoms with E-state index in [2.05, 4.69) is 23.5 Å². The van der Waals surface area contributed by atoms with Gasteiger partial charge in [-0.15, -0.1) is 11.3 Å². The molecule has 0 radical (unpaired) electrons. The van der Waals surface area contributed by atoms with Gasteiger partial charge >= 0.3 is 0 Å². The van der Waals surface area contributed by atoms with Gasteiger partial charge in [0.1, 0.15) is 0 Å². The van der Waals surface area contributed by atoms with E-state index in [0.717, 1.165) is 36.0 Å². The number of nitrogen functional groups attached to an aromatic ring is 1. The highest BCUT2D eigenvalue weighted by molar-refractivity contribution is 7.16. The third-order valence-electron chi connectivity index (χ3n) is 2.73. The molecular formula is C14H17ClN2S. The minimum absolute atomic E-state index is 0.825. The predicted molar refractivity (Wildman–Crippen MR) is 80.2 cm³/mol. The Morgan fingerprint density at radius 1 is 1.11 bits per heavy atom. The van der Waals surface area contributed by atoms with Crippen LogP contribution in [0.2, 0.25) is 4.34 Å². The summed E-state index contributed by atoms with van der Waals surface area (Å²) in [6, 6.07) is 12.1. The number of aryl methyl sites for hydroxylation is 1. The fourth-order valence-electron chi connectivity index (χ4n) is 1.76. The maximum Gasteiger partial charge on any atom is 0.0931 e. The first kappa shape index (κ1) is 13.4. The quantitative estimate of drug-likeness (QED) is 0.625. The smallest absolute Gasteiger partial charge is 0.0931 e. The molecule has 0 unspecified atom stereocenters. The van der Waals surface area contributed by atoms with E-state index in [4.69, 9.17) is 17.3 Å². The average molecular weight is 281 g/mol. The molecule has 0 atom stereocenters. The second-order valence-corrected chi connectivity index (χ2v) is 6.03. The monoisotopic (exact) mass is 280 g/mol. The van der Waals surface area contributed by atoms with Gasteiger partial charge in [-0.2, -0.15) is 0 Å². The number of halogens is 1. The van der Waals surface area contributed by atoms with Gasteiger partial charge in [-0.25, -0.2) is 0 Å². The zero-order valence-electron chi connectivity index (χ0n) is 10.2. The minimum atomic E-state index is 0.825. The Bertz CT molecular complexity index is 479. The number of benzene rings is 1.